The fourth-order valence-corrected chi connectivity index (χ4v) is 2.11. The molecule has 0 spiro atoms. The number of methoxy groups -OCH3 is 1. The van der Waals surface area contributed by atoms with Crippen LogP contribution in [0.5, 0.6) is 5.75 Å². The lowest BCUT2D eigenvalue weighted by molar-refractivity contribution is 0.102. The van der Waals surface area contributed by atoms with Gasteiger partial charge in [-0.1, -0.05) is 12.0 Å². The van der Waals surface area contributed by atoms with Crippen molar-refractivity contribution >= 4 is 27.8 Å². The molecule has 1 heterocycles. The van der Waals surface area contributed by atoms with E-state index < -0.39 is 0 Å². The van der Waals surface area contributed by atoms with E-state index in [1.807, 2.05) is 6.92 Å². The van der Waals surface area contributed by atoms with Crippen LogP contribution in [0.1, 0.15) is 23.7 Å². The highest BCUT2D eigenvalue weighted by atomic mass is 79.9. The fourth-order valence-electron chi connectivity index (χ4n) is 1.57. The molecule has 7 nitrogen and oxygen atoms in total. The number of ether oxygens (including phenoxy) is 1. The van der Waals surface area contributed by atoms with Crippen LogP contribution in [-0.2, 0) is 6.54 Å². The maximum absolute atomic E-state index is 12.0. The van der Waals surface area contributed by atoms with Crippen molar-refractivity contribution in [3.05, 3.63) is 28.2 Å². The smallest absolute Gasteiger partial charge is 0.270 e. The van der Waals surface area contributed by atoms with Gasteiger partial charge >= 0.3 is 0 Å². The number of tetrazole rings is 1. The van der Waals surface area contributed by atoms with Gasteiger partial charge in [-0.2, -0.15) is 4.80 Å². The van der Waals surface area contributed by atoms with E-state index in [-0.39, 0.29) is 11.9 Å². The molecule has 0 aliphatic carbocycles. The molecule has 0 unspecified atom stereocenters. The topological polar surface area (TPSA) is 81.9 Å². The van der Waals surface area contributed by atoms with Crippen molar-refractivity contribution in [1.29, 1.82) is 0 Å². The normalized spacial score (nSPS) is 10.3. The van der Waals surface area contributed by atoms with E-state index in [1.165, 1.54) is 4.80 Å². The molecule has 0 atom stereocenters. The summed E-state index contributed by atoms with van der Waals surface area (Å²) in [6.07, 6.45) is 0.898. The van der Waals surface area contributed by atoms with Gasteiger partial charge < -0.3 is 4.74 Å². The molecular weight excluding hydrogens is 326 g/mol. The highest BCUT2D eigenvalue weighted by Crippen LogP contribution is 2.25. The Kier molecular flexibility index (Phi) is 4.67. The first kappa shape index (κ1) is 14.4. The zero-order chi connectivity index (χ0) is 14.5. The third-order valence-electron chi connectivity index (χ3n) is 2.52. The highest BCUT2D eigenvalue weighted by molar-refractivity contribution is 9.10. The van der Waals surface area contributed by atoms with E-state index in [0.29, 0.717) is 22.3 Å². The quantitative estimate of drug-likeness (QED) is 0.901. The van der Waals surface area contributed by atoms with Crippen LogP contribution in [0.3, 0.4) is 0 Å². The number of nitrogens with zero attached hydrogens (tertiary/aromatic N) is 4. The number of hydrogen-bond donors (Lipinski definition) is 1. The van der Waals surface area contributed by atoms with Gasteiger partial charge in [0.15, 0.2) is 0 Å². The molecule has 2 aromatic rings. The van der Waals surface area contributed by atoms with Crippen LogP contribution >= 0.6 is 15.9 Å². The summed E-state index contributed by atoms with van der Waals surface area (Å²) in [5.41, 5.74) is 0.476. The van der Waals surface area contributed by atoms with Gasteiger partial charge in [-0.3, -0.25) is 10.1 Å². The third-order valence-corrected chi connectivity index (χ3v) is 3.14. The molecule has 0 aliphatic heterocycles. The lowest BCUT2D eigenvalue weighted by Gasteiger charge is -2.05. The number of benzene rings is 1. The SMILES string of the molecule is CCCn1nnc(NC(=O)c2ccc(OC)c(Br)c2)n1. The predicted molar refractivity (Wildman–Crippen MR) is 76.8 cm³/mol. The Morgan fingerprint density at radius 1 is 1.50 bits per heavy atom. The summed E-state index contributed by atoms with van der Waals surface area (Å²) in [5, 5.41) is 14.2. The Labute approximate surface area is 124 Å². The first-order valence-electron chi connectivity index (χ1n) is 6.06. The van der Waals surface area contributed by atoms with Crippen molar-refractivity contribution in [3.63, 3.8) is 0 Å². The standard InChI is InChI=1S/C12H14BrN5O2/c1-3-6-18-16-12(15-17-18)14-11(19)8-4-5-10(20-2)9(13)7-8/h4-5,7H,3,6H2,1-2H3,(H,14,16,19). The van der Waals surface area contributed by atoms with E-state index in [9.17, 15) is 4.79 Å². The summed E-state index contributed by atoms with van der Waals surface area (Å²) in [5.74, 6) is 0.549. The Hall–Kier alpha value is -1.96. The van der Waals surface area contributed by atoms with E-state index >= 15 is 0 Å². The number of halogens is 1. The molecule has 0 saturated heterocycles. The predicted octanol–water partition coefficient (Wildman–Crippen LogP) is 2.11. The molecule has 1 aromatic carbocycles. The summed E-state index contributed by atoms with van der Waals surface area (Å²) in [7, 11) is 1.57. The number of carbonyl (C=O) groups is 1. The molecule has 0 fully saturated rings. The molecular formula is C12H14BrN5O2. The first-order chi connectivity index (χ1) is 9.63. The van der Waals surface area contributed by atoms with Crippen molar-refractivity contribution in [1.82, 2.24) is 20.2 Å². The highest BCUT2D eigenvalue weighted by Gasteiger charge is 2.11. The summed E-state index contributed by atoms with van der Waals surface area (Å²) in [6.45, 7) is 2.67. The summed E-state index contributed by atoms with van der Waals surface area (Å²) < 4.78 is 5.82. The Balaban J connectivity index is 2.09. The molecule has 20 heavy (non-hydrogen) atoms. The van der Waals surface area contributed by atoms with Crippen LogP contribution < -0.4 is 10.1 Å². The summed E-state index contributed by atoms with van der Waals surface area (Å²) in [6, 6.07) is 5.04. The minimum Gasteiger partial charge on any atom is -0.496 e. The lowest BCUT2D eigenvalue weighted by Crippen LogP contribution is -2.13. The van der Waals surface area contributed by atoms with E-state index in [0.717, 1.165) is 6.42 Å². The Bertz CT molecular complexity index is 614. The van der Waals surface area contributed by atoms with E-state index in [2.05, 4.69) is 36.7 Å². The molecule has 1 aromatic heterocycles. The van der Waals surface area contributed by atoms with Crippen LogP contribution in [0.4, 0.5) is 5.95 Å². The van der Waals surface area contributed by atoms with Crippen LogP contribution in [0.25, 0.3) is 0 Å². The molecule has 2 rings (SSSR count). The van der Waals surface area contributed by atoms with Crippen LogP contribution in [0.15, 0.2) is 22.7 Å². The maximum Gasteiger partial charge on any atom is 0.270 e. The van der Waals surface area contributed by atoms with Crippen LogP contribution in [-0.4, -0.2) is 33.2 Å². The number of anilines is 1. The monoisotopic (exact) mass is 339 g/mol. The number of aryl methyl sites for hydroxylation is 1. The van der Waals surface area contributed by atoms with Gasteiger partial charge in [-0.25, -0.2) is 0 Å². The first-order valence-corrected chi connectivity index (χ1v) is 6.86. The van der Waals surface area contributed by atoms with Crippen molar-refractivity contribution in [3.8, 4) is 5.75 Å². The molecule has 106 valence electrons. The number of hydrogen-bond acceptors (Lipinski definition) is 5. The molecule has 1 N–H and O–H groups in total. The number of aromatic nitrogens is 4. The lowest BCUT2D eigenvalue weighted by atomic mass is 10.2. The average molecular weight is 340 g/mol. The second-order valence-electron chi connectivity index (χ2n) is 4.01. The van der Waals surface area contributed by atoms with E-state index in [1.54, 1.807) is 25.3 Å². The number of amides is 1. The zero-order valence-corrected chi connectivity index (χ0v) is 12.7. The van der Waals surface area contributed by atoms with Crippen LogP contribution in [0.2, 0.25) is 0 Å². The second-order valence-corrected chi connectivity index (χ2v) is 4.87. The molecule has 0 aliphatic rings. The van der Waals surface area contributed by atoms with E-state index in [4.69, 9.17) is 4.74 Å². The van der Waals surface area contributed by atoms with Crippen molar-refractivity contribution < 1.29 is 9.53 Å². The number of carbonyl (C=O) groups excluding carboxylic acids is 1. The third kappa shape index (κ3) is 3.32. The van der Waals surface area contributed by atoms with Crippen molar-refractivity contribution in [2.45, 2.75) is 19.9 Å². The van der Waals surface area contributed by atoms with Gasteiger partial charge in [0.25, 0.3) is 11.9 Å². The average Bonchev–Trinajstić information content (AvgIpc) is 2.86. The molecule has 0 bridgehead atoms. The molecule has 8 heteroatoms. The van der Waals surface area contributed by atoms with Gasteiger partial charge in [0.2, 0.25) is 0 Å². The van der Waals surface area contributed by atoms with Gasteiger partial charge in [-0.15, -0.1) is 5.10 Å². The number of nitrogens with one attached hydrogen (secondary N) is 1. The number of rotatable bonds is 5. The molecule has 0 radical (unpaired) electrons. The minimum absolute atomic E-state index is 0.190. The molecule has 0 saturated carbocycles. The van der Waals surface area contributed by atoms with Crippen molar-refractivity contribution in [2.75, 3.05) is 12.4 Å². The zero-order valence-electron chi connectivity index (χ0n) is 11.1. The summed E-state index contributed by atoms with van der Waals surface area (Å²) in [4.78, 5) is 13.5. The van der Waals surface area contributed by atoms with Gasteiger partial charge in [0.1, 0.15) is 5.75 Å². The van der Waals surface area contributed by atoms with Crippen LogP contribution in [0, 0.1) is 0 Å². The van der Waals surface area contributed by atoms with Crippen molar-refractivity contribution in [2.24, 2.45) is 0 Å². The molecule has 1 amide bonds. The Morgan fingerprint density at radius 2 is 2.30 bits per heavy atom. The summed E-state index contributed by atoms with van der Waals surface area (Å²) >= 11 is 3.33. The van der Waals surface area contributed by atoms with Gasteiger partial charge in [-0.05, 0) is 45.8 Å². The minimum atomic E-state index is -0.301. The van der Waals surface area contributed by atoms with Gasteiger partial charge in [0, 0.05) is 5.56 Å². The fraction of sp³-hybridized carbons (Fsp3) is 0.333. The van der Waals surface area contributed by atoms with Gasteiger partial charge in [0.05, 0.1) is 18.1 Å². The maximum atomic E-state index is 12.0. The second kappa shape index (κ2) is 6.47. The largest absolute Gasteiger partial charge is 0.496 e. The Morgan fingerprint density at radius 3 is 2.95 bits per heavy atom.